The van der Waals surface area contributed by atoms with Crippen LogP contribution in [-0.4, -0.2) is 60.1 Å². The number of ether oxygens (including phenoxy) is 1. The van der Waals surface area contributed by atoms with Crippen LogP contribution in [0.2, 0.25) is 0 Å². The third kappa shape index (κ3) is 6.84. The van der Waals surface area contributed by atoms with Gasteiger partial charge >= 0.3 is 18.0 Å². The first-order valence-corrected chi connectivity index (χ1v) is 12.6. The number of thioether (sulfide) groups is 1. The SMILES string of the molecule is CCC(C)(C)C1C(=O)OC(=O)C1C.NCCNC(=O)CCCCC1SCC2NC(=O)NC21. The Kier molecular flexibility index (Phi) is 9.82. The van der Waals surface area contributed by atoms with Gasteiger partial charge in [0.25, 0.3) is 0 Å². The maximum atomic E-state index is 11.4. The summed E-state index contributed by atoms with van der Waals surface area (Å²) in [6.07, 6.45) is 4.40. The third-order valence-electron chi connectivity index (χ3n) is 6.63. The Morgan fingerprint density at radius 2 is 1.94 bits per heavy atom. The van der Waals surface area contributed by atoms with Crippen molar-refractivity contribution in [2.24, 2.45) is 23.0 Å². The number of cyclic esters (lactones) is 2. The second kappa shape index (κ2) is 11.9. The van der Waals surface area contributed by atoms with Gasteiger partial charge in [-0.3, -0.25) is 14.4 Å². The van der Waals surface area contributed by atoms with Gasteiger partial charge in [-0.2, -0.15) is 11.8 Å². The van der Waals surface area contributed by atoms with E-state index in [4.69, 9.17) is 5.73 Å². The predicted molar refractivity (Wildman–Crippen MR) is 124 cm³/mol. The number of carbonyl (C=O) groups excluding carboxylic acids is 4. The highest BCUT2D eigenvalue weighted by atomic mass is 32.2. The van der Waals surface area contributed by atoms with Crippen LogP contribution in [0.1, 0.15) is 59.8 Å². The Bertz CT molecular complexity index is 702. The molecule has 3 saturated heterocycles. The number of nitrogens with one attached hydrogen (secondary N) is 3. The molecule has 3 amide bonds. The topological polar surface area (TPSA) is 140 Å². The molecule has 3 aliphatic rings. The quantitative estimate of drug-likeness (QED) is 0.173. The lowest BCUT2D eigenvalue weighted by Crippen LogP contribution is -2.36. The van der Waals surface area contributed by atoms with Gasteiger partial charge in [-0.15, -0.1) is 0 Å². The summed E-state index contributed by atoms with van der Waals surface area (Å²) in [7, 11) is 0. The number of urea groups is 1. The van der Waals surface area contributed by atoms with Crippen molar-refractivity contribution < 1.29 is 23.9 Å². The Morgan fingerprint density at radius 3 is 2.53 bits per heavy atom. The van der Waals surface area contributed by atoms with Gasteiger partial charge < -0.3 is 26.4 Å². The highest BCUT2D eigenvalue weighted by molar-refractivity contribution is 8.00. The van der Waals surface area contributed by atoms with Crippen LogP contribution in [0.15, 0.2) is 0 Å². The summed E-state index contributed by atoms with van der Waals surface area (Å²) in [6.45, 7) is 8.80. The molecular formula is C22H38N4O5S. The minimum absolute atomic E-state index is 0.0403. The molecule has 0 spiro atoms. The van der Waals surface area contributed by atoms with E-state index in [1.54, 1.807) is 6.92 Å². The standard InChI is InChI=1S/C12H22N4O2S.C10H16O3/c13-5-6-14-10(17)4-2-1-3-9-11-8(7-19-9)15-12(18)16-11;1-5-10(3,4)7-6(2)8(11)13-9(7)12/h8-9,11H,1-7,13H2,(H,14,17)(H2,15,16,18);6-7H,5H2,1-4H3. The maximum absolute atomic E-state index is 11.4. The van der Waals surface area contributed by atoms with Crippen molar-refractivity contribution in [2.75, 3.05) is 18.8 Å². The van der Waals surface area contributed by atoms with E-state index < -0.39 is 0 Å². The number of amides is 3. The van der Waals surface area contributed by atoms with E-state index in [0.29, 0.717) is 24.8 Å². The molecule has 9 nitrogen and oxygen atoms in total. The number of nitrogens with two attached hydrogens (primary N) is 1. The summed E-state index contributed by atoms with van der Waals surface area (Å²) < 4.78 is 4.60. The molecule has 3 heterocycles. The maximum Gasteiger partial charge on any atom is 0.318 e. The molecule has 10 heteroatoms. The fourth-order valence-corrected chi connectivity index (χ4v) is 5.93. The highest BCUT2D eigenvalue weighted by Crippen LogP contribution is 2.40. The summed E-state index contributed by atoms with van der Waals surface area (Å²) in [5.41, 5.74) is 5.17. The highest BCUT2D eigenvalue weighted by Gasteiger charge is 2.48. The second-order valence-corrected chi connectivity index (χ2v) is 10.6. The van der Waals surface area contributed by atoms with Crippen molar-refractivity contribution >= 4 is 35.6 Å². The van der Waals surface area contributed by atoms with E-state index in [0.717, 1.165) is 31.4 Å². The van der Waals surface area contributed by atoms with E-state index in [1.807, 2.05) is 32.5 Å². The van der Waals surface area contributed by atoms with E-state index >= 15 is 0 Å². The van der Waals surface area contributed by atoms with Crippen molar-refractivity contribution in [1.29, 1.82) is 0 Å². The molecule has 0 aromatic heterocycles. The Balaban J connectivity index is 0.000000244. The van der Waals surface area contributed by atoms with Crippen LogP contribution in [0.25, 0.3) is 0 Å². The van der Waals surface area contributed by atoms with Crippen molar-refractivity contribution in [3.8, 4) is 0 Å². The lowest BCUT2D eigenvalue weighted by molar-refractivity contribution is -0.154. The van der Waals surface area contributed by atoms with Gasteiger partial charge in [0.15, 0.2) is 0 Å². The first kappa shape index (κ1) is 26.4. The van der Waals surface area contributed by atoms with E-state index in [9.17, 15) is 19.2 Å². The van der Waals surface area contributed by atoms with Gasteiger partial charge in [-0.25, -0.2) is 4.79 Å². The zero-order chi connectivity index (χ0) is 23.9. The molecule has 5 N–H and O–H groups in total. The van der Waals surface area contributed by atoms with Gasteiger partial charge in [-0.05, 0) is 18.3 Å². The summed E-state index contributed by atoms with van der Waals surface area (Å²) >= 11 is 1.91. The summed E-state index contributed by atoms with van der Waals surface area (Å²) in [6, 6.07) is 0.514. The molecule has 3 fully saturated rings. The molecule has 3 aliphatic heterocycles. The van der Waals surface area contributed by atoms with Crippen LogP contribution in [0.5, 0.6) is 0 Å². The second-order valence-electron chi connectivity index (χ2n) is 9.35. The molecule has 3 rings (SSSR count). The number of hydrogen-bond acceptors (Lipinski definition) is 7. The molecular weight excluding hydrogens is 432 g/mol. The van der Waals surface area contributed by atoms with E-state index in [-0.39, 0.29) is 53.2 Å². The first-order valence-electron chi connectivity index (χ1n) is 11.5. The molecule has 0 aliphatic carbocycles. The average Bonchev–Trinajstić information content (AvgIpc) is 3.36. The number of fused-ring (bicyclic) bond motifs is 1. The summed E-state index contributed by atoms with van der Waals surface area (Å²) in [5.74, 6) is -0.225. The Morgan fingerprint density at radius 1 is 1.22 bits per heavy atom. The average molecular weight is 471 g/mol. The number of rotatable bonds is 9. The van der Waals surface area contributed by atoms with Crippen molar-refractivity contribution in [1.82, 2.24) is 16.0 Å². The van der Waals surface area contributed by atoms with Gasteiger partial charge in [0.2, 0.25) is 5.91 Å². The molecule has 182 valence electrons. The number of hydrogen-bond donors (Lipinski definition) is 4. The predicted octanol–water partition coefficient (Wildman–Crippen LogP) is 1.55. The van der Waals surface area contributed by atoms with Crippen molar-refractivity contribution in [3.63, 3.8) is 0 Å². The van der Waals surface area contributed by atoms with E-state index in [2.05, 4.69) is 20.7 Å². The summed E-state index contributed by atoms with van der Waals surface area (Å²) in [5, 5.41) is 9.16. The molecule has 0 radical (unpaired) electrons. The van der Waals surface area contributed by atoms with Crippen LogP contribution < -0.4 is 21.7 Å². The third-order valence-corrected chi connectivity index (χ3v) is 8.14. The first-order chi connectivity index (χ1) is 15.1. The van der Waals surface area contributed by atoms with Gasteiger partial charge in [0.1, 0.15) is 0 Å². The molecule has 0 saturated carbocycles. The van der Waals surface area contributed by atoms with E-state index in [1.165, 1.54) is 0 Å². The summed E-state index contributed by atoms with van der Waals surface area (Å²) in [4.78, 5) is 45.1. The fourth-order valence-electron chi connectivity index (χ4n) is 4.39. The lowest BCUT2D eigenvalue weighted by atomic mass is 9.72. The van der Waals surface area contributed by atoms with Crippen LogP contribution >= 0.6 is 11.8 Å². The molecule has 5 unspecified atom stereocenters. The minimum Gasteiger partial charge on any atom is -0.393 e. The largest absolute Gasteiger partial charge is 0.393 e. The van der Waals surface area contributed by atoms with Crippen LogP contribution in [-0.2, 0) is 19.1 Å². The Labute approximate surface area is 194 Å². The monoisotopic (exact) mass is 470 g/mol. The number of unbranched alkanes of at least 4 members (excludes halogenated alkanes) is 1. The molecule has 0 aromatic rings. The van der Waals surface area contributed by atoms with Crippen molar-refractivity contribution in [2.45, 2.75) is 77.1 Å². The van der Waals surface area contributed by atoms with Gasteiger partial charge in [-0.1, -0.05) is 40.5 Å². The Hall–Kier alpha value is -1.81. The zero-order valence-corrected chi connectivity index (χ0v) is 20.4. The molecule has 32 heavy (non-hydrogen) atoms. The van der Waals surface area contributed by atoms with Crippen molar-refractivity contribution in [3.05, 3.63) is 0 Å². The minimum atomic E-state index is -0.378. The smallest absolute Gasteiger partial charge is 0.318 e. The molecule has 0 aromatic carbocycles. The fraction of sp³-hybridized carbons (Fsp3) is 0.818. The zero-order valence-electron chi connectivity index (χ0n) is 19.6. The number of carbonyl (C=O) groups is 4. The lowest BCUT2D eigenvalue weighted by Gasteiger charge is -2.28. The van der Waals surface area contributed by atoms with Crippen LogP contribution in [0, 0.1) is 17.3 Å². The van der Waals surface area contributed by atoms with Gasteiger partial charge in [0, 0.05) is 30.5 Å². The van der Waals surface area contributed by atoms with Crippen LogP contribution in [0.3, 0.4) is 0 Å². The van der Waals surface area contributed by atoms with Crippen LogP contribution in [0.4, 0.5) is 4.79 Å². The van der Waals surface area contributed by atoms with Gasteiger partial charge in [0.05, 0.1) is 23.9 Å². The molecule has 0 bridgehead atoms. The molecule has 5 atom stereocenters. The normalized spacial score (nSPS) is 28.9. The number of esters is 2.